The van der Waals surface area contributed by atoms with E-state index in [4.69, 9.17) is 13.7 Å². The van der Waals surface area contributed by atoms with E-state index in [0.29, 0.717) is 0 Å². The summed E-state index contributed by atoms with van der Waals surface area (Å²) in [4.78, 5) is 14.5. The number of hydrogen-bond acceptors (Lipinski definition) is 6. The number of carbonyl (C=O) groups is 1. The first-order valence-electron chi connectivity index (χ1n) is 9.12. The summed E-state index contributed by atoms with van der Waals surface area (Å²) in [5.74, 6) is -5.59. The van der Waals surface area contributed by atoms with E-state index >= 15 is 0 Å². The Morgan fingerprint density at radius 3 is 2.69 bits per heavy atom. The number of aryl methyl sites for hydroxylation is 1. The van der Waals surface area contributed by atoms with Crippen LogP contribution in [0, 0.1) is 18.7 Å². The van der Waals surface area contributed by atoms with Crippen LogP contribution in [0.1, 0.15) is 28.8 Å². The van der Waals surface area contributed by atoms with Crippen molar-refractivity contribution in [3.05, 3.63) is 23.0 Å². The average molecular weight is 435 g/mol. The average Bonchev–Trinajstić information content (AvgIpc) is 3.06. The second-order valence-corrected chi connectivity index (χ2v) is 9.36. The molecule has 1 unspecified atom stereocenters. The van der Waals surface area contributed by atoms with Gasteiger partial charge >= 0.3 is 0 Å². The van der Waals surface area contributed by atoms with Gasteiger partial charge in [-0.3, -0.25) is 8.98 Å². The van der Waals surface area contributed by atoms with Gasteiger partial charge < -0.3 is 14.4 Å². The van der Waals surface area contributed by atoms with E-state index in [1.54, 1.807) is 0 Å². The van der Waals surface area contributed by atoms with Crippen LogP contribution in [-0.2, 0) is 14.3 Å². The normalized spacial score (nSPS) is 27.7. The maximum absolute atomic E-state index is 14.8. The first kappa shape index (κ1) is 20.3. The van der Waals surface area contributed by atoms with Crippen LogP contribution in [0.5, 0.6) is 11.5 Å². The molecule has 7 nitrogen and oxygen atoms in total. The molecule has 0 bridgehead atoms. The molecule has 29 heavy (non-hydrogen) atoms. The molecule has 1 aromatic rings. The Morgan fingerprint density at radius 2 is 2.07 bits per heavy atom. The van der Waals surface area contributed by atoms with E-state index in [2.05, 4.69) is 0 Å². The van der Waals surface area contributed by atoms with Crippen molar-refractivity contribution in [3.63, 3.8) is 0 Å². The number of nitrogens with zero attached hydrogens (tertiary/aromatic N) is 1. The fraction of sp³-hybridized carbons (Fsp3) is 0.611. The van der Waals surface area contributed by atoms with Gasteiger partial charge in [-0.25, -0.2) is 13.2 Å². The van der Waals surface area contributed by atoms with Crippen LogP contribution in [-0.4, -0.2) is 63.3 Å². The third-order valence-electron chi connectivity index (χ3n) is 5.34. The Labute approximate surface area is 165 Å². The van der Waals surface area contributed by atoms with Crippen molar-refractivity contribution in [2.45, 2.75) is 37.8 Å². The van der Waals surface area contributed by atoms with E-state index in [1.807, 2.05) is 0 Å². The van der Waals surface area contributed by atoms with Crippen molar-refractivity contribution in [1.29, 1.82) is 0 Å². The molecule has 2 aliphatic heterocycles. The largest absolute Gasteiger partial charge is 0.490 e. The highest BCUT2D eigenvalue weighted by molar-refractivity contribution is 7.86. The second-order valence-electron chi connectivity index (χ2n) is 7.76. The summed E-state index contributed by atoms with van der Waals surface area (Å²) in [5, 5.41) is 0. The number of amides is 1. The molecule has 0 N–H and O–H groups in total. The number of hydrogen-bond donors (Lipinski definition) is 0. The summed E-state index contributed by atoms with van der Waals surface area (Å²) in [6.45, 7) is 1.09. The Morgan fingerprint density at radius 1 is 1.38 bits per heavy atom. The lowest BCUT2D eigenvalue weighted by molar-refractivity contribution is 0.0707. The molecule has 3 aliphatic rings. The lowest BCUT2D eigenvalue weighted by atomic mass is 10.1. The molecule has 2 fully saturated rings. The molecule has 1 saturated carbocycles. The highest BCUT2D eigenvalue weighted by Gasteiger charge is 2.57. The molecule has 1 saturated heterocycles. The predicted octanol–water partition coefficient (Wildman–Crippen LogP) is 2.12. The van der Waals surface area contributed by atoms with Gasteiger partial charge in [0.2, 0.25) is 0 Å². The molecule has 11 heteroatoms. The number of benzene rings is 1. The van der Waals surface area contributed by atoms with Crippen LogP contribution in [0.3, 0.4) is 0 Å². The van der Waals surface area contributed by atoms with Gasteiger partial charge in [0, 0.05) is 19.4 Å². The minimum Gasteiger partial charge on any atom is -0.490 e. The molecule has 1 aromatic carbocycles. The smallest absolute Gasteiger partial charge is 0.264 e. The fourth-order valence-electron chi connectivity index (χ4n) is 3.75. The van der Waals surface area contributed by atoms with Gasteiger partial charge in [-0.2, -0.15) is 8.42 Å². The first-order chi connectivity index (χ1) is 13.5. The van der Waals surface area contributed by atoms with Crippen LogP contribution < -0.4 is 9.47 Å². The molecule has 2 heterocycles. The van der Waals surface area contributed by atoms with Crippen molar-refractivity contribution < 1.29 is 40.0 Å². The maximum Gasteiger partial charge on any atom is 0.264 e. The minimum absolute atomic E-state index is 0.0188. The monoisotopic (exact) mass is 435 g/mol. The lowest BCUT2D eigenvalue weighted by Gasteiger charge is -2.21. The molecule has 0 aromatic heterocycles. The van der Waals surface area contributed by atoms with Crippen LogP contribution in [0.25, 0.3) is 0 Å². The topological polar surface area (TPSA) is 82.1 Å². The molecule has 160 valence electrons. The quantitative estimate of drug-likeness (QED) is 0.659. The van der Waals surface area contributed by atoms with Gasteiger partial charge in [-0.05, 0) is 18.6 Å². The highest BCUT2D eigenvalue weighted by atomic mass is 32.2. The molecule has 0 radical (unpaired) electrons. The van der Waals surface area contributed by atoms with Gasteiger partial charge in [0.15, 0.2) is 11.6 Å². The van der Waals surface area contributed by atoms with Crippen LogP contribution in [0.15, 0.2) is 6.07 Å². The number of rotatable bonds is 5. The van der Waals surface area contributed by atoms with Crippen molar-refractivity contribution in [1.82, 2.24) is 4.90 Å². The Balaban J connectivity index is 1.63. The molecule has 1 aliphatic carbocycles. The molecule has 3 atom stereocenters. The number of halogens is 3. The summed E-state index contributed by atoms with van der Waals surface area (Å²) in [7, 11) is -3.71. The summed E-state index contributed by atoms with van der Waals surface area (Å²) < 4.78 is 79.9. The van der Waals surface area contributed by atoms with Crippen LogP contribution in [0.2, 0.25) is 0 Å². The Bertz CT molecular complexity index is 967. The summed E-state index contributed by atoms with van der Waals surface area (Å²) in [6.07, 6.45) is 0.0702. The van der Waals surface area contributed by atoms with E-state index < -0.39 is 58.2 Å². The van der Waals surface area contributed by atoms with E-state index in [9.17, 15) is 26.4 Å². The Kier molecular flexibility index (Phi) is 4.73. The standard InChI is InChI=1S/C18H20F3NO6S/c1-9-3-13-14(16(15(9)19)27-7-10-5-18(10,20)21)17(23)22-6-12(28-29(2,24)25)4-11(22)8-26-13/h3,10-12H,4-8H2,1-2H3/t10?,11-,12-/m1/s1. The van der Waals surface area contributed by atoms with Gasteiger partial charge in [0.05, 0.1) is 30.9 Å². The van der Waals surface area contributed by atoms with Crippen molar-refractivity contribution in [2.24, 2.45) is 5.92 Å². The zero-order chi connectivity index (χ0) is 21.1. The summed E-state index contributed by atoms with van der Waals surface area (Å²) >= 11 is 0. The van der Waals surface area contributed by atoms with E-state index in [-0.39, 0.29) is 42.9 Å². The SMILES string of the molecule is Cc1cc2c(c(OCC3CC3(F)F)c1F)C(=O)N1C[C@H](OS(C)(=O)=O)C[C@@H]1CO2. The van der Waals surface area contributed by atoms with Crippen molar-refractivity contribution in [3.8, 4) is 11.5 Å². The summed E-state index contributed by atoms with van der Waals surface area (Å²) in [6, 6.07) is 0.902. The minimum atomic E-state index is -3.71. The molecular weight excluding hydrogens is 415 g/mol. The fourth-order valence-corrected chi connectivity index (χ4v) is 4.38. The third-order valence-corrected chi connectivity index (χ3v) is 5.97. The number of ether oxygens (including phenoxy) is 2. The van der Waals surface area contributed by atoms with Crippen LogP contribution >= 0.6 is 0 Å². The second kappa shape index (κ2) is 6.76. The van der Waals surface area contributed by atoms with E-state index in [1.165, 1.54) is 17.9 Å². The van der Waals surface area contributed by atoms with Crippen molar-refractivity contribution in [2.75, 3.05) is 26.0 Å². The molecule has 0 spiro atoms. The number of alkyl halides is 2. The predicted molar refractivity (Wildman–Crippen MR) is 94.3 cm³/mol. The van der Waals surface area contributed by atoms with Gasteiger partial charge in [0.1, 0.15) is 17.9 Å². The highest BCUT2D eigenvalue weighted by Crippen LogP contribution is 2.49. The maximum atomic E-state index is 14.8. The van der Waals surface area contributed by atoms with Gasteiger partial charge in [-0.1, -0.05) is 0 Å². The number of fused-ring (bicyclic) bond motifs is 2. The summed E-state index contributed by atoms with van der Waals surface area (Å²) in [5.41, 5.74) is -0.0194. The molecule has 1 amide bonds. The zero-order valence-corrected chi connectivity index (χ0v) is 16.6. The van der Waals surface area contributed by atoms with Gasteiger partial charge in [-0.15, -0.1) is 0 Å². The lowest BCUT2D eigenvalue weighted by Crippen LogP contribution is -2.37. The number of carbonyl (C=O) groups excluding carboxylic acids is 1. The van der Waals surface area contributed by atoms with E-state index in [0.717, 1.165) is 6.26 Å². The molecular formula is C18H20F3NO6S. The van der Waals surface area contributed by atoms with Crippen molar-refractivity contribution >= 4 is 16.0 Å². The van der Waals surface area contributed by atoms with Crippen LogP contribution in [0.4, 0.5) is 13.2 Å². The zero-order valence-electron chi connectivity index (χ0n) is 15.8. The first-order valence-corrected chi connectivity index (χ1v) is 10.9. The molecule has 4 rings (SSSR count). The third kappa shape index (κ3) is 3.89. The van der Waals surface area contributed by atoms with Gasteiger partial charge in [0.25, 0.3) is 21.9 Å². The Hall–Kier alpha value is -2.01.